The minimum atomic E-state index is -0.679. The van der Waals surface area contributed by atoms with E-state index < -0.39 is 5.41 Å². The summed E-state index contributed by atoms with van der Waals surface area (Å²) in [5.41, 5.74) is 3.86. The van der Waals surface area contributed by atoms with Gasteiger partial charge in [-0.1, -0.05) is 52.3 Å². The van der Waals surface area contributed by atoms with Crippen LogP contribution in [0.2, 0.25) is 0 Å². The molecule has 0 fully saturated rings. The van der Waals surface area contributed by atoms with Crippen LogP contribution in [0.5, 0.6) is 0 Å². The van der Waals surface area contributed by atoms with Crippen molar-refractivity contribution in [1.82, 2.24) is 0 Å². The van der Waals surface area contributed by atoms with Gasteiger partial charge in [0.2, 0.25) is 0 Å². The maximum Gasteiger partial charge on any atom is 0.0553 e. The van der Waals surface area contributed by atoms with E-state index in [1.807, 2.05) is 24.3 Å². The van der Waals surface area contributed by atoms with Crippen LogP contribution in [0, 0.1) is 13.8 Å². The van der Waals surface area contributed by atoms with Crippen LogP contribution in [0.15, 0.2) is 46.9 Å². The summed E-state index contributed by atoms with van der Waals surface area (Å²) in [4.78, 5) is 0. The summed E-state index contributed by atoms with van der Waals surface area (Å²) in [6.07, 6.45) is 0.601. The Morgan fingerprint density at radius 1 is 0.952 bits per heavy atom. The maximum absolute atomic E-state index is 9.96. The van der Waals surface area contributed by atoms with Crippen molar-refractivity contribution in [1.29, 1.82) is 0 Å². The molecule has 0 spiro atoms. The quantitative estimate of drug-likeness (QED) is 0.867. The first-order chi connectivity index (χ1) is 10.0. The van der Waals surface area contributed by atoms with Gasteiger partial charge in [-0.2, -0.15) is 0 Å². The highest BCUT2D eigenvalue weighted by Gasteiger charge is 2.33. The van der Waals surface area contributed by atoms with E-state index in [-0.39, 0.29) is 13.2 Å². The summed E-state index contributed by atoms with van der Waals surface area (Å²) in [6.45, 7) is 3.97. The van der Waals surface area contributed by atoms with Gasteiger partial charge in [0.05, 0.1) is 13.2 Å². The van der Waals surface area contributed by atoms with Crippen molar-refractivity contribution in [3.05, 3.63) is 69.2 Å². The molecule has 0 bridgehead atoms. The third-order valence-electron chi connectivity index (χ3n) is 4.16. The van der Waals surface area contributed by atoms with E-state index in [1.165, 1.54) is 11.1 Å². The van der Waals surface area contributed by atoms with Gasteiger partial charge in [0.25, 0.3) is 0 Å². The molecule has 2 rings (SSSR count). The minimum Gasteiger partial charge on any atom is -0.395 e. The van der Waals surface area contributed by atoms with E-state index >= 15 is 0 Å². The second-order valence-corrected chi connectivity index (χ2v) is 6.53. The molecule has 2 nitrogen and oxygen atoms in total. The first-order valence-electron chi connectivity index (χ1n) is 7.05. The predicted octanol–water partition coefficient (Wildman–Crippen LogP) is 3.53. The third-order valence-corrected chi connectivity index (χ3v) is 4.86. The zero-order valence-corrected chi connectivity index (χ0v) is 14.0. The van der Waals surface area contributed by atoms with Crippen LogP contribution in [0.25, 0.3) is 0 Å². The lowest BCUT2D eigenvalue weighted by Gasteiger charge is -2.31. The Labute approximate surface area is 134 Å². The van der Waals surface area contributed by atoms with E-state index in [1.54, 1.807) is 0 Å². The summed E-state index contributed by atoms with van der Waals surface area (Å²) in [6, 6.07) is 14.0. The van der Waals surface area contributed by atoms with Crippen molar-refractivity contribution in [2.24, 2.45) is 0 Å². The number of rotatable bonds is 5. The monoisotopic (exact) mass is 348 g/mol. The molecular formula is C18H21BrO2. The Kier molecular flexibility index (Phi) is 5.20. The highest BCUT2D eigenvalue weighted by Crippen LogP contribution is 2.33. The Morgan fingerprint density at radius 2 is 1.62 bits per heavy atom. The van der Waals surface area contributed by atoms with Crippen LogP contribution in [0.3, 0.4) is 0 Å². The molecule has 0 aromatic heterocycles. The first kappa shape index (κ1) is 16.2. The number of hydrogen-bond acceptors (Lipinski definition) is 2. The number of halogens is 1. The predicted molar refractivity (Wildman–Crippen MR) is 89.6 cm³/mol. The van der Waals surface area contributed by atoms with Crippen molar-refractivity contribution in [2.45, 2.75) is 25.7 Å². The second-order valence-electron chi connectivity index (χ2n) is 5.67. The molecule has 2 N–H and O–H groups in total. The zero-order chi connectivity index (χ0) is 15.5. The number of benzene rings is 2. The molecule has 0 unspecified atom stereocenters. The third kappa shape index (κ3) is 3.37. The normalized spacial score (nSPS) is 11.7. The lowest BCUT2D eigenvalue weighted by atomic mass is 9.76. The molecular weight excluding hydrogens is 328 g/mol. The smallest absolute Gasteiger partial charge is 0.0553 e. The van der Waals surface area contributed by atoms with E-state index in [4.69, 9.17) is 0 Å². The van der Waals surface area contributed by atoms with Crippen LogP contribution in [-0.4, -0.2) is 23.4 Å². The average molecular weight is 349 g/mol. The standard InChI is InChI=1S/C18H21BrO2/c1-13-7-8-15(9-14(13)2)10-18(11-20,12-21)16-5-3-4-6-17(16)19/h3-9,20-21H,10-12H2,1-2H3. The van der Waals surface area contributed by atoms with Crippen molar-refractivity contribution < 1.29 is 10.2 Å². The van der Waals surface area contributed by atoms with Gasteiger partial charge in [0.15, 0.2) is 0 Å². The van der Waals surface area contributed by atoms with Gasteiger partial charge in [0, 0.05) is 9.89 Å². The molecule has 0 heterocycles. The lowest BCUT2D eigenvalue weighted by molar-refractivity contribution is 0.115. The lowest BCUT2D eigenvalue weighted by Crippen LogP contribution is -2.37. The van der Waals surface area contributed by atoms with E-state index in [0.717, 1.165) is 15.6 Å². The Bertz CT molecular complexity index is 618. The fraction of sp³-hybridized carbons (Fsp3) is 0.333. The Hall–Kier alpha value is -1.16. The summed E-state index contributed by atoms with van der Waals surface area (Å²) in [7, 11) is 0. The molecule has 0 saturated heterocycles. The van der Waals surface area contributed by atoms with Crippen LogP contribution >= 0.6 is 15.9 Å². The topological polar surface area (TPSA) is 40.5 Å². The summed E-state index contributed by atoms with van der Waals surface area (Å²) >= 11 is 3.53. The van der Waals surface area contributed by atoms with Gasteiger partial charge >= 0.3 is 0 Å². The van der Waals surface area contributed by atoms with E-state index in [0.29, 0.717) is 6.42 Å². The molecule has 0 aliphatic heterocycles. The SMILES string of the molecule is Cc1ccc(CC(CO)(CO)c2ccccc2Br)cc1C. The molecule has 3 heteroatoms. The van der Waals surface area contributed by atoms with Gasteiger partial charge in [-0.25, -0.2) is 0 Å². The van der Waals surface area contributed by atoms with Crippen LogP contribution in [0.4, 0.5) is 0 Å². The molecule has 0 amide bonds. The molecule has 2 aromatic rings. The molecule has 0 aliphatic carbocycles. The first-order valence-corrected chi connectivity index (χ1v) is 7.84. The minimum absolute atomic E-state index is 0.0982. The summed E-state index contributed by atoms with van der Waals surface area (Å²) in [5.74, 6) is 0. The molecule has 0 saturated carbocycles. The highest BCUT2D eigenvalue weighted by molar-refractivity contribution is 9.10. The van der Waals surface area contributed by atoms with Gasteiger partial charge in [-0.3, -0.25) is 0 Å². The van der Waals surface area contributed by atoms with Crippen molar-refractivity contribution in [3.8, 4) is 0 Å². The molecule has 0 atom stereocenters. The number of aliphatic hydroxyl groups is 2. The molecule has 2 aromatic carbocycles. The largest absolute Gasteiger partial charge is 0.395 e. The van der Waals surface area contributed by atoms with Crippen LogP contribution in [-0.2, 0) is 11.8 Å². The van der Waals surface area contributed by atoms with Gasteiger partial charge in [-0.15, -0.1) is 0 Å². The van der Waals surface area contributed by atoms with Gasteiger partial charge in [0.1, 0.15) is 0 Å². The van der Waals surface area contributed by atoms with Crippen molar-refractivity contribution in [2.75, 3.05) is 13.2 Å². The Morgan fingerprint density at radius 3 is 2.19 bits per heavy atom. The summed E-state index contributed by atoms with van der Waals surface area (Å²) in [5, 5.41) is 19.9. The molecule has 0 radical (unpaired) electrons. The van der Waals surface area contributed by atoms with E-state index in [2.05, 4.69) is 48.0 Å². The van der Waals surface area contributed by atoms with Crippen molar-refractivity contribution >= 4 is 15.9 Å². The Balaban J connectivity index is 2.43. The van der Waals surface area contributed by atoms with Gasteiger partial charge < -0.3 is 10.2 Å². The maximum atomic E-state index is 9.96. The van der Waals surface area contributed by atoms with E-state index in [9.17, 15) is 10.2 Å². The number of aryl methyl sites for hydroxylation is 2. The van der Waals surface area contributed by atoms with Crippen molar-refractivity contribution in [3.63, 3.8) is 0 Å². The molecule has 112 valence electrons. The fourth-order valence-electron chi connectivity index (χ4n) is 2.62. The summed E-state index contributed by atoms with van der Waals surface area (Å²) < 4.78 is 0.914. The number of aliphatic hydroxyl groups excluding tert-OH is 2. The second kappa shape index (κ2) is 6.73. The van der Waals surface area contributed by atoms with Crippen LogP contribution in [0.1, 0.15) is 22.3 Å². The molecule has 21 heavy (non-hydrogen) atoms. The molecule has 0 aliphatic rings. The zero-order valence-electron chi connectivity index (χ0n) is 12.4. The fourth-order valence-corrected chi connectivity index (χ4v) is 3.33. The average Bonchev–Trinajstić information content (AvgIpc) is 2.49. The van der Waals surface area contributed by atoms with Crippen LogP contribution < -0.4 is 0 Å². The van der Waals surface area contributed by atoms with Gasteiger partial charge in [-0.05, 0) is 48.6 Å². The highest BCUT2D eigenvalue weighted by atomic mass is 79.9. The number of hydrogen-bond donors (Lipinski definition) is 2.